The third-order valence-corrected chi connectivity index (χ3v) is 3.52. The first-order valence-electron chi connectivity index (χ1n) is 5.41. The molecule has 0 atom stereocenters. The fraction of sp³-hybridized carbons (Fsp3) is 0.600. The molecule has 6 heteroatoms. The summed E-state index contributed by atoms with van der Waals surface area (Å²) < 4.78 is 0. The maximum atomic E-state index is 11.8. The second-order valence-corrected chi connectivity index (χ2v) is 4.77. The minimum atomic E-state index is 0.103. The summed E-state index contributed by atoms with van der Waals surface area (Å²) in [5, 5.41) is 3.74. The van der Waals surface area contributed by atoms with E-state index in [0.717, 1.165) is 25.7 Å². The Balaban J connectivity index is 2.15. The number of carbonyl (C=O) groups is 1. The number of rotatable bonds is 2. The van der Waals surface area contributed by atoms with E-state index < -0.39 is 0 Å². The Hall–Kier alpha value is -1.30. The zero-order valence-electron chi connectivity index (χ0n) is 8.89. The number of anilines is 1. The molecule has 1 aliphatic heterocycles. The van der Waals surface area contributed by atoms with Gasteiger partial charge in [-0.25, -0.2) is 4.98 Å². The molecule has 16 heavy (non-hydrogen) atoms. The van der Waals surface area contributed by atoms with Crippen LogP contribution in [-0.4, -0.2) is 17.4 Å². The minimum absolute atomic E-state index is 0.103. The molecule has 2 rings (SSSR count). The van der Waals surface area contributed by atoms with Crippen molar-refractivity contribution in [2.45, 2.75) is 32.1 Å². The van der Waals surface area contributed by atoms with Crippen LogP contribution in [0.1, 0.15) is 32.1 Å². The van der Waals surface area contributed by atoms with Gasteiger partial charge in [-0.15, -0.1) is 4.91 Å². The Morgan fingerprint density at radius 2 is 2.12 bits per heavy atom. The van der Waals surface area contributed by atoms with Crippen molar-refractivity contribution in [3.63, 3.8) is 0 Å². The summed E-state index contributed by atoms with van der Waals surface area (Å²) in [6, 6.07) is 0. The highest BCUT2D eigenvalue weighted by molar-refractivity contribution is 7.19. The first-order chi connectivity index (χ1) is 7.81. The lowest BCUT2D eigenvalue weighted by molar-refractivity contribution is -0.118. The standard InChI is InChI=1S/C10H13N3O2S/c14-9-5-3-1-2-4-6-13(9)10-11-7-8(12-15)16-10/h7H,1-6H2. The number of aromatic nitrogens is 1. The molecule has 0 bridgehead atoms. The molecule has 1 fully saturated rings. The van der Waals surface area contributed by atoms with Crippen molar-refractivity contribution >= 4 is 27.4 Å². The monoisotopic (exact) mass is 239 g/mol. The van der Waals surface area contributed by atoms with Gasteiger partial charge in [-0.3, -0.25) is 9.69 Å². The summed E-state index contributed by atoms with van der Waals surface area (Å²) in [6.45, 7) is 0.699. The topological polar surface area (TPSA) is 62.6 Å². The largest absolute Gasteiger partial charge is 0.288 e. The van der Waals surface area contributed by atoms with Crippen molar-refractivity contribution in [1.29, 1.82) is 0 Å². The third-order valence-electron chi connectivity index (χ3n) is 2.63. The molecule has 0 unspecified atom stereocenters. The van der Waals surface area contributed by atoms with Gasteiger partial charge in [0, 0.05) is 13.0 Å². The molecule has 1 amide bonds. The van der Waals surface area contributed by atoms with Gasteiger partial charge in [-0.1, -0.05) is 24.2 Å². The normalized spacial score (nSPS) is 18.0. The lowest BCUT2D eigenvalue weighted by Crippen LogP contribution is -2.32. The molecule has 0 spiro atoms. The Labute approximate surface area is 97.5 Å². The second-order valence-electron chi connectivity index (χ2n) is 3.78. The predicted octanol–water partition coefficient (Wildman–Crippen LogP) is 2.84. The number of hydrogen-bond acceptors (Lipinski definition) is 5. The number of thiazole rings is 1. The molecule has 0 aliphatic carbocycles. The van der Waals surface area contributed by atoms with Crippen LogP contribution < -0.4 is 4.90 Å². The molecule has 5 nitrogen and oxygen atoms in total. The number of carbonyl (C=O) groups excluding carboxylic acids is 1. The van der Waals surface area contributed by atoms with Crippen LogP contribution in [0.4, 0.5) is 10.1 Å². The summed E-state index contributed by atoms with van der Waals surface area (Å²) in [5.74, 6) is 0.103. The Bertz CT molecular complexity index is 391. The average molecular weight is 239 g/mol. The fourth-order valence-corrected chi connectivity index (χ4v) is 2.52. The highest BCUT2D eigenvalue weighted by Crippen LogP contribution is 2.30. The lowest BCUT2D eigenvalue weighted by Gasteiger charge is -2.21. The van der Waals surface area contributed by atoms with Crippen LogP contribution in [0.25, 0.3) is 0 Å². The van der Waals surface area contributed by atoms with Crippen LogP contribution in [0.15, 0.2) is 11.4 Å². The van der Waals surface area contributed by atoms with Crippen LogP contribution in [0, 0.1) is 4.91 Å². The summed E-state index contributed by atoms with van der Waals surface area (Å²) in [7, 11) is 0. The molecule has 0 radical (unpaired) electrons. The van der Waals surface area contributed by atoms with Crippen LogP contribution in [0.3, 0.4) is 0 Å². The van der Waals surface area contributed by atoms with Crippen LogP contribution in [-0.2, 0) is 4.79 Å². The van der Waals surface area contributed by atoms with E-state index in [9.17, 15) is 9.70 Å². The zero-order chi connectivity index (χ0) is 11.4. The van der Waals surface area contributed by atoms with Gasteiger partial charge in [0.2, 0.25) is 5.91 Å². The van der Waals surface area contributed by atoms with Gasteiger partial charge >= 0.3 is 0 Å². The highest BCUT2D eigenvalue weighted by Gasteiger charge is 2.20. The van der Waals surface area contributed by atoms with Crippen LogP contribution >= 0.6 is 11.3 Å². The highest BCUT2D eigenvalue weighted by atomic mass is 32.1. The molecular weight excluding hydrogens is 226 g/mol. The van der Waals surface area contributed by atoms with Crippen molar-refractivity contribution in [1.82, 2.24) is 4.98 Å². The number of nitroso groups, excluding NO2 is 1. The van der Waals surface area contributed by atoms with E-state index in [1.165, 1.54) is 17.5 Å². The Morgan fingerprint density at radius 3 is 2.88 bits per heavy atom. The van der Waals surface area contributed by atoms with E-state index >= 15 is 0 Å². The molecule has 0 N–H and O–H groups in total. The molecule has 0 aromatic carbocycles. The van der Waals surface area contributed by atoms with E-state index in [4.69, 9.17) is 0 Å². The van der Waals surface area contributed by atoms with Gasteiger partial charge in [0.15, 0.2) is 10.1 Å². The summed E-state index contributed by atoms with van der Waals surface area (Å²) in [4.78, 5) is 27.9. The summed E-state index contributed by atoms with van der Waals surface area (Å²) in [5.41, 5.74) is 0. The van der Waals surface area contributed by atoms with Gasteiger partial charge in [0.05, 0.1) is 6.20 Å². The Morgan fingerprint density at radius 1 is 1.31 bits per heavy atom. The van der Waals surface area contributed by atoms with E-state index in [2.05, 4.69) is 10.2 Å². The molecule has 2 heterocycles. The first kappa shape index (κ1) is 11.2. The van der Waals surface area contributed by atoms with Crippen molar-refractivity contribution in [2.24, 2.45) is 5.18 Å². The SMILES string of the molecule is O=Nc1cnc(N2CCCCCCC2=O)s1. The van der Waals surface area contributed by atoms with Crippen molar-refractivity contribution in [3.05, 3.63) is 11.1 Å². The molecule has 1 aromatic heterocycles. The van der Waals surface area contributed by atoms with Crippen molar-refractivity contribution in [2.75, 3.05) is 11.4 Å². The zero-order valence-corrected chi connectivity index (χ0v) is 9.70. The lowest BCUT2D eigenvalue weighted by atomic mass is 10.1. The Kier molecular flexibility index (Phi) is 3.61. The number of amides is 1. The van der Waals surface area contributed by atoms with E-state index in [0.29, 0.717) is 23.1 Å². The van der Waals surface area contributed by atoms with Crippen molar-refractivity contribution < 1.29 is 4.79 Å². The van der Waals surface area contributed by atoms with E-state index in [-0.39, 0.29) is 5.91 Å². The van der Waals surface area contributed by atoms with Gasteiger partial charge in [0.1, 0.15) is 0 Å². The minimum Gasteiger partial charge on any atom is -0.288 e. The molecule has 1 saturated heterocycles. The van der Waals surface area contributed by atoms with Gasteiger partial charge in [-0.2, -0.15) is 0 Å². The number of nitrogens with zero attached hydrogens (tertiary/aromatic N) is 3. The number of hydrogen-bond donors (Lipinski definition) is 0. The molecular formula is C10H13N3O2S. The van der Waals surface area contributed by atoms with Crippen LogP contribution in [0.2, 0.25) is 0 Å². The molecule has 1 aliphatic rings. The quantitative estimate of drug-likeness (QED) is 0.745. The predicted molar refractivity (Wildman–Crippen MR) is 63.0 cm³/mol. The van der Waals surface area contributed by atoms with Gasteiger partial charge < -0.3 is 0 Å². The summed E-state index contributed by atoms with van der Waals surface area (Å²) >= 11 is 1.17. The van der Waals surface area contributed by atoms with Crippen LogP contribution in [0.5, 0.6) is 0 Å². The summed E-state index contributed by atoms with van der Waals surface area (Å²) in [6.07, 6.45) is 6.20. The van der Waals surface area contributed by atoms with Gasteiger partial charge in [-0.05, 0) is 18.0 Å². The van der Waals surface area contributed by atoms with Crippen molar-refractivity contribution in [3.8, 4) is 0 Å². The molecule has 86 valence electrons. The molecule has 0 saturated carbocycles. The van der Waals surface area contributed by atoms with E-state index in [1.807, 2.05) is 0 Å². The van der Waals surface area contributed by atoms with Gasteiger partial charge in [0.25, 0.3) is 0 Å². The maximum Gasteiger partial charge on any atom is 0.228 e. The first-order valence-corrected chi connectivity index (χ1v) is 6.22. The van der Waals surface area contributed by atoms with E-state index in [1.54, 1.807) is 4.90 Å². The third kappa shape index (κ3) is 2.44. The fourth-order valence-electron chi connectivity index (χ4n) is 1.79. The smallest absolute Gasteiger partial charge is 0.228 e. The second kappa shape index (κ2) is 5.16. The molecule has 1 aromatic rings. The average Bonchev–Trinajstić information content (AvgIpc) is 2.72. The maximum absolute atomic E-state index is 11.8.